The Morgan fingerprint density at radius 3 is 2.50 bits per heavy atom. The highest BCUT2D eigenvalue weighted by atomic mass is 35.5. The van der Waals surface area contributed by atoms with Gasteiger partial charge in [-0.2, -0.15) is 13.2 Å². The van der Waals surface area contributed by atoms with Crippen LogP contribution in [0.1, 0.15) is 11.3 Å². The van der Waals surface area contributed by atoms with Gasteiger partial charge >= 0.3 is 6.18 Å². The number of aromatic nitrogens is 2. The number of anilines is 2. The number of nitrogens with zero attached hydrogens (tertiary/aromatic N) is 2. The molecule has 0 amide bonds. The number of aryl methyl sites for hydroxylation is 1. The predicted octanol–water partition coefficient (Wildman–Crippen LogP) is 4.34. The third kappa shape index (κ3) is 3.16. The molecule has 0 spiro atoms. The Morgan fingerprint density at radius 1 is 1.20 bits per heavy atom. The van der Waals surface area contributed by atoms with Gasteiger partial charge in [0.15, 0.2) is 5.69 Å². The molecule has 0 aliphatic rings. The molecule has 0 unspecified atom stereocenters. The lowest BCUT2D eigenvalue weighted by molar-refractivity contribution is -0.141. The van der Waals surface area contributed by atoms with Gasteiger partial charge in [0.05, 0.1) is 5.69 Å². The van der Waals surface area contributed by atoms with E-state index < -0.39 is 23.0 Å². The summed E-state index contributed by atoms with van der Waals surface area (Å²) >= 11 is 5.45. The van der Waals surface area contributed by atoms with E-state index in [-0.39, 0.29) is 11.5 Å². The zero-order valence-electron chi connectivity index (χ0n) is 10.1. The minimum Gasteiger partial charge on any atom is -0.337 e. The summed E-state index contributed by atoms with van der Waals surface area (Å²) in [5, 5.41) is 1.91. The van der Waals surface area contributed by atoms with Crippen LogP contribution in [0.25, 0.3) is 0 Å². The summed E-state index contributed by atoms with van der Waals surface area (Å²) in [7, 11) is 0. The number of para-hydroxylation sites is 1. The molecule has 1 heterocycles. The van der Waals surface area contributed by atoms with Crippen molar-refractivity contribution in [1.29, 1.82) is 0 Å². The van der Waals surface area contributed by atoms with E-state index >= 15 is 0 Å². The van der Waals surface area contributed by atoms with Gasteiger partial charge in [0.2, 0.25) is 5.28 Å². The maximum Gasteiger partial charge on any atom is 0.433 e. The van der Waals surface area contributed by atoms with E-state index in [0.717, 1.165) is 0 Å². The normalized spacial score (nSPS) is 11.5. The zero-order valence-corrected chi connectivity index (χ0v) is 10.8. The van der Waals surface area contributed by atoms with Crippen LogP contribution in [0.15, 0.2) is 24.3 Å². The molecule has 3 nitrogen and oxygen atoms in total. The lowest BCUT2D eigenvalue weighted by Gasteiger charge is -2.12. The van der Waals surface area contributed by atoms with Crippen molar-refractivity contribution in [3.8, 4) is 0 Å². The molecule has 20 heavy (non-hydrogen) atoms. The van der Waals surface area contributed by atoms with Crippen LogP contribution in [0.2, 0.25) is 5.28 Å². The Kier molecular flexibility index (Phi) is 3.80. The van der Waals surface area contributed by atoms with Gasteiger partial charge in [0, 0.05) is 6.07 Å². The molecule has 2 aromatic rings. The van der Waals surface area contributed by atoms with Gasteiger partial charge in [-0.25, -0.2) is 14.4 Å². The predicted molar refractivity (Wildman–Crippen MR) is 66.5 cm³/mol. The van der Waals surface area contributed by atoms with Gasteiger partial charge < -0.3 is 5.32 Å². The number of alkyl halides is 3. The summed E-state index contributed by atoms with van der Waals surface area (Å²) in [6.07, 6.45) is -4.66. The monoisotopic (exact) mass is 305 g/mol. The standard InChI is InChI=1S/C12H8ClF4N3/c1-6-3-2-4-7(14)10(6)19-9-5-8(12(15,16)17)18-11(13)20-9/h2-5H,1H3,(H,18,19,20). The molecule has 0 bridgehead atoms. The van der Waals surface area contributed by atoms with E-state index in [1.807, 2.05) is 0 Å². The molecule has 0 saturated carbocycles. The first-order chi connectivity index (χ1) is 9.27. The van der Waals surface area contributed by atoms with Gasteiger partial charge in [-0.05, 0) is 30.2 Å². The number of hydrogen-bond donors (Lipinski definition) is 1. The second-order valence-electron chi connectivity index (χ2n) is 3.96. The average molecular weight is 306 g/mol. The second-order valence-corrected chi connectivity index (χ2v) is 4.30. The molecule has 2 rings (SSSR count). The first-order valence-electron chi connectivity index (χ1n) is 5.41. The summed E-state index contributed by atoms with van der Waals surface area (Å²) in [6.45, 7) is 1.61. The smallest absolute Gasteiger partial charge is 0.337 e. The third-order valence-electron chi connectivity index (χ3n) is 2.46. The maximum atomic E-state index is 13.6. The van der Waals surface area contributed by atoms with Crippen molar-refractivity contribution >= 4 is 23.1 Å². The minimum absolute atomic E-state index is 0.0374. The Morgan fingerprint density at radius 2 is 1.90 bits per heavy atom. The van der Waals surface area contributed by atoms with Crippen LogP contribution in [0.3, 0.4) is 0 Å². The molecule has 1 N–H and O–H groups in total. The van der Waals surface area contributed by atoms with Crippen LogP contribution in [0.4, 0.5) is 29.1 Å². The first kappa shape index (κ1) is 14.5. The third-order valence-corrected chi connectivity index (χ3v) is 2.63. The Hall–Kier alpha value is -1.89. The highest BCUT2D eigenvalue weighted by molar-refractivity contribution is 6.28. The topological polar surface area (TPSA) is 37.8 Å². The molecule has 1 aromatic heterocycles. The van der Waals surface area contributed by atoms with Crippen LogP contribution >= 0.6 is 11.6 Å². The van der Waals surface area contributed by atoms with Crippen LogP contribution in [0.5, 0.6) is 0 Å². The summed E-state index contributed by atoms with van der Waals surface area (Å²) in [5.41, 5.74) is -0.641. The molecular weight excluding hydrogens is 298 g/mol. The van der Waals surface area contributed by atoms with Crippen molar-refractivity contribution in [3.05, 3.63) is 46.6 Å². The summed E-state index contributed by atoms with van der Waals surface area (Å²) in [5.74, 6) is -0.834. The molecule has 0 radical (unpaired) electrons. The zero-order chi connectivity index (χ0) is 14.9. The Labute approximate surface area is 116 Å². The van der Waals surface area contributed by atoms with Gasteiger partial charge in [-0.3, -0.25) is 0 Å². The van der Waals surface area contributed by atoms with E-state index in [4.69, 9.17) is 11.6 Å². The molecule has 0 fully saturated rings. The fraction of sp³-hybridized carbons (Fsp3) is 0.167. The van der Waals surface area contributed by atoms with Crippen molar-refractivity contribution < 1.29 is 17.6 Å². The molecule has 0 aliphatic heterocycles. The fourth-order valence-electron chi connectivity index (χ4n) is 1.55. The van der Waals surface area contributed by atoms with Gasteiger partial charge in [-0.1, -0.05) is 12.1 Å². The van der Waals surface area contributed by atoms with Gasteiger partial charge in [0.25, 0.3) is 0 Å². The number of nitrogens with one attached hydrogen (secondary N) is 1. The van der Waals surface area contributed by atoms with Crippen molar-refractivity contribution in [3.63, 3.8) is 0 Å². The Balaban J connectivity index is 2.42. The van der Waals surface area contributed by atoms with Crippen molar-refractivity contribution in [2.24, 2.45) is 0 Å². The molecule has 0 saturated heterocycles. The number of benzene rings is 1. The van der Waals surface area contributed by atoms with E-state index in [2.05, 4.69) is 15.3 Å². The molecule has 0 aliphatic carbocycles. The average Bonchev–Trinajstić information content (AvgIpc) is 2.32. The quantitative estimate of drug-likeness (QED) is 0.662. The molecule has 0 atom stereocenters. The SMILES string of the molecule is Cc1cccc(F)c1Nc1cc(C(F)(F)F)nc(Cl)n1. The van der Waals surface area contributed by atoms with E-state index in [1.165, 1.54) is 12.1 Å². The lowest BCUT2D eigenvalue weighted by Crippen LogP contribution is -2.10. The van der Waals surface area contributed by atoms with Crippen LogP contribution in [-0.4, -0.2) is 9.97 Å². The van der Waals surface area contributed by atoms with Crippen molar-refractivity contribution in [2.45, 2.75) is 13.1 Å². The summed E-state index contributed by atoms with van der Waals surface area (Å²) in [4.78, 5) is 6.69. The summed E-state index contributed by atoms with van der Waals surface area (Å²) in [6, 6.07) is 4.95. The van der Waals surface area contributed by atoms with E-state index in [9.17, 15) is 17.6 Å². The second kappa shape index (κ2) is 5.24. The molecule has 8 heteroatoms. The van der Waals surface area contributed by atoms with Crippen LogP contribution in [0, 0.1) is 12.7 Å². The number of rotatable bonds is 2. The highest BCUT2D eigenvalue weighted by Crippen LogP contribution is 2.31. The maximum absolute atomic E-state index is 13.6. The van der Waals surface area contributed by atoms with Gasteiger partial charge in [-0.15, -0.1) is 0 Å². The summed E-state index contributed by atoms with van der Waals surface area (Å²) < 4.78 is 51.4. The molecule has 106 valence electrons. The highest BCUT2D eigenvalue weighted by Gasteiger charge is 2.33. The number of hydrogen-bond acceptors (Lipinski definition) is 3. The van der Waals surface area contributed by atoms with Crippen LogP contribution in [-0.2, 0) is 6.18 Å². The number of halogens is 5. The largest absolute Gasteiger partial charge is 0.433 e. The van der Waals surface area contributed by atoms with Crippen LogP contribution < -0.4 is 5.32 Å². The molecular formula is C12H8ClF4N3. The Bertz CT molecular complexity index is 623. The lowest BCUT2D eigenvalue weighted by atomic mass is 10.2. The first-order valence-corrected chi connectivity index (χ1v) is 5.79. The fourth-order valence-corrected chi connectivity index (χ4v) is 1.73. The van der Waals surface area contributed by atoms with Gasteiger partial charge in [0.1, 0.15) is 11.6 Å². The van der Waals surface area contributed by atoms with E-state index in [0.29, 0.717) is 11.6 Å². The van der Waals surface area contributed by atoms with Crippen molar-refractivity contribution in [1.82, 2.24) is 9.97 Å². The van der Waals surface area contributed by atoms with E-state index in [1.54, 1.807) is 13.0 Å². The van der Waals surface area contributed by atoms with Crippen molar-refractivity contribution in [2.75, 3.05) is 5.32 Å². The molecule has 1 aromatic carbocycles. The minimum atomic E-state index is -4.66.